The van der Waals surface area contributed by atoms with Crippen LogP contribution in [0.5, 0.6) is 0 Å². The van der Waals surface area contributed by atoms with Crippen LogP contribution in [-0.2, 0) is 9.59 Å². The number of aliphatic carboxylic acids is 1. The lowest BCUT2D eigenvalue weighted by molar-refractivity contribution is -0.143. The Hall–Kier alpha value is -1.84. The summed E-state index contributed by atoms with van der Waals surface area (Å²) in [5.74, 6) is -0.938. The monoisotopic (exact) mass is 291 g/mol. The Balaban J connectivity index is 2.76. The van der Waals surface area contributed by atoms with E-state index < -0.39 is 12.0 Å². The molecule has 0 aliphatic carbocycles. The number of nitrogens with one attached hydrogen (secondary N) is 1. The summed E-state index contributed by atoms with van der Waals surface area (Å²) >= 11 is 0. The van der Waals surface area contributed by atoms with E-state index >= 15 is 0 Å². The lowest BCUT2D eigenvalue weighted by Gasteiger charge is -2.23. The highest BCUT2D eigenvalue weighted by Crippen LogP contribution is 2.27. The number of carboxylic acid groups (broad SMARTS) is 1. The van der Waals surface area contributed by atoms with Crippen LogP contribution in [0.2, 0.25) is 0 Å². The maximum Gasteiger partial charge on any atom is 0.326 e. The second-order valence-corrected chi connectivity index (χ2v) is 6.09. The quantitative estimate of drug-likeness (QED) is 0.811. The zero-order chi connectivity index (χ0) is 16.0. The predicted molar refractivity (Wildman–Crippen MR) is 83.0 cm³/mol. The Morgan fingerprint density at radius 2 is 1.62 bits per heavy atom. The van der Waals surface area contributed by atoms with E-state index in [0.29, 0.717) is 12.3 Å². The molecule has 1 rings (SSSR count). The fraction of sp³-hybridized carbons (Fsp3) is 0.529. The van der Waals surface area contributed by atoms with E-state index in [4.69, 9.17) is 5.11 Å². The van der Waals surface area contributed by atoms with E-state index in [1.807, 2.05) is 30.3 Å². The molecule has 4 heteroatoms. The summed E-state index contributed by atoms with van der Waals surface area (Å²) in [5, 5.41) is 11.8. The second-order valence-electron chi connectivity index (χ2n) is 6.09. The third-order valence-electron chi connectivity index (χ3n) is 3.69. The average molecular weight is 291 g/mol. The van der Waals surface area contributed by atoms with Crippen molar-refractivity contribution in [2.75, 3.05) is 0 Å². The van der Waals surface area contributed by atoms with E-state index in [0.717, 1.165) is 5.56 Å². The molecule has 1 aromatic carbocycles. The fourth-order valence-electron chi connectivity index (χ4n) is 2.38. The first-order chi connectivity index (χ1) is 9.82. The van der Waals surface area contributed by atoms with Gasteiger partial charge in [0.15, 0.2) is 0 Å². The Labute approximate surface area is 126 Å². The summed E-state index contributed by atoms with van der Waals surface area (Å²) in [6.45, 7) is 7.72. The zero-order valence-corrected chi connectivity index (χ0v) is 13.2. The molecule has 2 N–H and O–H groups in total. The molecule has 0 aliphatic heterocycles. The van der Waals surface area contributed by atoms with Gasteiger partial charge >= 0.3 is 5.97 Å². The number of benzene rings is 1. The van der Waals surface area contributed by atoms with E-state index in [-0.39, 0.29) is 17.7 Å². The topological polar surface area (TPSA) is 66.4 Å². The van der Waals surface area contributed by atoms with Crippen molar-refractivity contribution < 1.29 is 14.7 Å². The minimum absolute atomic E-state index is 0.0906. The first-order valence-electron chi connectivity index (χ1n) is 7.40. The third kappa shape index (κ3) is 5.21. The number of rotatable bonds is 7. The van der Waals surface area contributed by atoms with Gasteiger partial charge in [0, 0.05) is 6.42 Å². The molecular formula is C17H25NO3. The zero-order valence-electron chi connectivity index (χ0n) is 13.2. The molecule has 0 spiro atoms. The van der Waals surface area contributed by atoms with Crippen molar-refractivity contribution in [3.8, 4) is 0 Å². The van der Waals surface area contributed by atoms with Crippen LogP contribution in [0.15, 0.2) is 30.3 Å². The molecule has 2 atom stereocenters. The largest absolute Gasteiger partial charge is 0.480 e. The summed E-state index contributed by atoms with van der Waals surface area (Å²) in [6, 6.07) is 9.04. The minimum Gasteiger partial charge on any atom is -0.480 e. The molecule has 0 aliphatic rings. The Morgan fingerprint density at radius 3 is 2.05 bits per heavy atom. The van der Waals surface area contributed by atoms with Crippen molar-refractivity contribution in [1.29, 1.82) is 0 Å². The van der Waals surface area contributed by atoms with Gasteiger partial charge < -0.3 is 10.4 Å². The standard InChI is InChI=1S/C17H25NO3/c1-11(2)14(13-8-6-5-7-9-13)10-15(19)18-16(12(3)4)17(20)21/h5-9,11-12,14,16H,10H2,1-4H3,(H,18,19)(H,20,21). The Morgan fingerprint density at radius 1 is 1.05 bits per heavy atom. The smallest absolute Gasteiger partial charge is 0.326 e. The normalized spacial score (nSPS) is 14.0. The number of hydrogen-bond donors (Lipinski definition) is 2. The molecule has 0 aromatic heterocycles. The van der Waals surface area contributed by atoms with Gasteiger partial charge in [-0.2, -0.15) is 0 Å². The molecule has 0 radical (unpaired) electrons. The highest BCUT2D eigenvalue weighted by atomic mass is 16.4. The van der Waals surface area contributed by atoms with Crippen molar-refractivity contribution in [3.05, 3.63) is 35.9 Å². The molecule has 2 unspecified atom stereocenters. The Bertz CT molecular complexity index is 468. The number of carboxylic acids is 1. The van der Waals surface area contributed by atoms with Crippen LogP contribution in [0.1, 0.15) is 45.6 Å². The van der Waals surface area contributed by atoms with Crippen molar-refractivity contribution in [2.45, 2.75) is 46.1 Å². The molecule has 0 saturated heterocycles. The van der Waals surface area contributed by atoms with E-state index in [1.54, 1.807) is 13.8 Å². The van der Waals surface area contributed by atoms with Crippen molar-refractivity contribution in [3.63, 3.8) is 0 Å². The molecular weight excluding hydrogens is 266 g/mol. The maximum absolute atomic E-state index is 12.2. The van der Waals surface area contributed by atoms with Crippen molar-refractivity contribution >= 4 is 11.9 Å². The Kier molecular flexibility index (Phi) is 6.40. The SMILES string of the molecule is CC(C)C(NC(=O)CC(c1ccccc1)C(C)C)C(=O)O. The highest BCUT2D eigenvalue weighted by Gasteiger charge is 2.26. The van der Waals surface area contributed by atoms with Gasteiger partial charge in [-0.1, -0.05) is 58.0 Å². The van der Waals surface area contributed by atoms with Crippen LogP contribution in [0.4, 0.5) is 0 Å². The van der Waals surface area contributed by atoms with Gasteiger partial charge in [0.1, 0.15) is 6.04 Å². The van der Waals surface area contributed by atoms with Gasteiger partial charge in [-0.05, 0) is 23.3 Å². The van der Waals surface area contributed by atoms with Gasteiger partial charge in [0.05, 0.1) is 0 Å². The average Bonchev–Trinajstić information content (AvgIpc) is 2.42. The van der Waals surface area contributed by atoms with Gasteiger partial charge in [-0.3, -0.25) is 4.79 Å². The summed E-state index contributed by atoms with van der Waals surface area (Å²) in [7, 11) is 0. The summed E-state index contributed by atoms with van der Waals surface area (Å²) in [6.07, 6.45) is 0.304. The first kappa shape index (κ1) is 17.2. The first-order valence-corrected chi connectivity index (χ1v) is 7.40. The van der Waals surface area contributed by atoms with Crippen LogP contribution < -0.4 is 5.32 Å². The van der Waals surface area contributed by atoms with Gasteiger partial charge in [-0.15, -0.1) is 0 Å². The summed E-state index contributed by atoms with van der Waals surface area (Å²) in [4.78, 5) is 23.3. The summed E-state index contributed by atoms with van der Waals surface area (Å²) in [5.41, 5.74) is 1.11. The van der Waals surface area contributed by atoms with Crippen molar-refractivity contribution in [1.82, 2.24) is 5.32 Å². The van der Waals surface area contributed by atoms with E-state index in [1.165, 1.54) is 0 Å². The molecule has 4 nitrogen and oxygen atoms in total. The molecule has 116 valence electrons. The molecule has 0 fully saturated rings. The van der Waals surface area contributed by atoms with Gasteiger partial charge in [-0.25, -0.2) is 4.79 Å². The van der Waals surface area contributed by atoms with Crippen LogP contribution in [0, 0.1) is 11.8 Å². The van der Waals surface area contributed by atoms with Crippen LogP contribution >= 0.6 is 0 Å². The number of carbonyl (C=O) groups excluding carboxylic acids is 1. The fourth-order valence-corrected chi connectivity index (χ4v) is 2.38. The van der Waals surface area contributed by atoms with Crippen molar-refractivity contribution in [2.24, 2.45) is 11.8 Å². The number of hydrogen-bond acceptors (Lipinski definition) is 2. The minimum atomic E-state index is -0.987. The van der Waals surface area contributed by atoms with Crippen LogP contribution in [0.25, 0.3) is 0 Å². The molecule has 1 aromatic rings. The third-order valence-corrected chi connectivity index (χ3v) is 3.69. The predicted octanol–water partition coefficient (Wildman–Crippen LogP) is 3.04. The van der Waals surface area contributed by atoms with E-state index in [9.17, 15) is 9.59 Å². The molecule has 0 bridgehead atoms. The molecule has 1 amide bonds. The van der Waals surface area contributed by atoms with E-state index in [2.05, 4.69) is 19.2 Å². The lowest BCUT2D eigenvalue weighted by atomic mass is 9.85. The highest BCUT2D eigenvalue weighted by molar-refractivity contribution is 5.84. The molecule has 0 heterocycles. The van der Waals surface area contributed by atoms with Gasteiger partial charge in [0.25, 0.3) is 0 Å². The molecule has 0 saturated carbocycles. The maximum atomic E-state index is 12.2. The van der Waals surface area contributed by atoms with Crippen LogP contribution in [-0.4, -0.2) is 23.0 Å². The second kappa shape index (κ2) is 7.81. The van der Waals surface area contributed by atoms with Crippen LogP contribution in [0.3, 0.4) is 0 Å². The molecule has 21 heavy (non-hydrogen) atoms. The number of amides is 1. The number of carbonyl (C=O) groups is 2. The van der Waals surface area contributed by atoms with Gasteiger partial charge in [0.2, 0.25) is 5.91 Å². The summed E-state index contributed by atoms with van der Waals surface area (Å²) < 4.78 is 0. The lowest BCUT2D eigenvalue weighted by Crippen LogP contribution is -2.44.